The highest BCUT2D eigenvalue weighted by atomic mass is 31.2. The Balaban J connectivity index is 5.20. The van der Waals surface area contributed by atoms with Crippen LogP contribution >= 0.6 is 15.6 Å². The van der Waals surface area contributed by atoms with Crippen molar-refractivity contribution in [1.29, 1.82) is 0 Å². The van der Waals surface area contributed by atoms with Crippen molar-refractivity contribution in [2.45, 2.75) is 330 Å². The number of carbonyl (C=O) groups is 4. The third kappa shape index (κ3) is 60.5. The Labute approximate surface area is 522 Å². The van der Waals surface area contributed by atoms with Crippen molar-refractivity contribution in [3.63, 3.8) is 0 Å². The summed E-state index contributed by atoms with van der Waals surface area (Å²) in [4.78, 5) is 72.0. The minimum Gasteiger partial charge on any atom is -0.462 e. The average Bonchev–Trinajstić information content (AvgIpc) is 3.63. The van der Waals surface area contributed by atoms with Crippen LogP contribution in [-0.4, -0.2) is 96.7 Å². The van der Waals surface area contributed by atoms with Crippen molar-refractivity contribution in [3.05, 3.63) is 24.3 Å². The van der Waals surface area contributed by atoms with Crippen LogP contribution in [0.5, 0.6) is 0 Å². The summed E-state index contributed by atoms with van der Waals surface area (Å²) in [6, 6.07) is 0. The lowest BCUT2D eigenvalue weighted by Crippen LogP contribution is -2.30. The highest BCUT2D eigenvalue weighted by Gasteiger charge is 2.30. The monoisotopic (exact) mass is 1260 g/mol. The molecule has 0 amide bonds. The van der Waals surface area contributed by atoms with Gasteiger partial charge in [-0.2, -0.15) is 0 Å². The number of phosphoric ester groups is 2. The molecule has 0 saturated carbocycles. The number of allylic oxidation sites excluding steroid dienone is 4. The zero-order chi connectivity index (χ0) is 63.6. The summed E-state index contributed by atoms with van der Waals surface area (Å²) in [6.45, 7) is 9.29. The van der Waals surface area contributed by atoms with E-state index in [-0.39, 0.29) is 25.7 Å². The fourth-order valence-electron chi connectivity index (χ4n) is 9.52. The van der Waals surface area contributed by atoms with Gasteiger partial charge in [-0.1, -0.05) is 258 Å². The molecule has 2 unspecified atom stereocenters. The maximum atomic E-state index is 13.0. The molecule has 0 bridgehead atoms. The van der Waals surface area contributed by atoms with Crippen LogP contribution in [0.3, 0.4) is 0 Å². The number of unbranched alkanes of at least 4 members (excludes halogenated alkanes) is 31. The van der Waals surface area contributed by atoms with Crippen LogP contribution in [0.2, 0.25) is 0 Å². The van der Waals surface area contributed by atoms with Gasteiger partial charge in [-0.25, -0.2) is 9.13 Å². The van der Waals surface area contributed by atoms with Gasteiger partial charge >= 0.3 is 39.5 Å². The molecule has 0 aromatic rings. The smallest absolute Gasteiger partial charge is 0.462 e. The van der Waals surface area contributed by atoms with E-state index < -0.39 is 97.5 Å². The number of carbonyl (C=O) groups excluding carboxylic acids is 4. The van der Waals surface area contributed by atoms with Gasteiger partial charge in [0.2, 0.25) is 0 Å². The maximum absolute atomic E-state index is 13.0. The summed E-state index contributed by atoms with van der Waals surface area (Å²) in [5.41, 5.74) is 0. The molecular formula is C67H126O17P2. The van der Waals surface area contributed by atoms with Crippen LogP contribution < -0.4 is 0 Å². The van der Waals surface area contributed by atoms with Crippen molar-refractivity contribution in [2.24, 2.45) is 11.8 Å². The van der Waals surface area contributed by atoms with E-state index in [1.807, 2.05) is 0 Å². The van der Waals surface area contributed by atoms with E-state index in [4.69, 9.17) is 37.0 Å². The molecule has 0 radical (unpaired) electrons. The number of hydrogen-bond donors (Lipinski definition) is 3. The lowest BCUT2D eigenvalue weighted by atomic mass is 10.0. The topological polar surface area (TPSA) is 237 Å². The molecule has 19 heteroatoms. The largest absolute Gasteiger partial charge is 0.472 e. The zero-order valence-corrected chi connectivity index (χ0v) is 56.9. The normalized spacial score (nSPS) is 14.4. The number of aliphatic hydroxyl groups excluding tert-OH is 1. The van der Waals surface area contributed by atoms with E-state index in [1.54, 1.807) is 0 Å². The first-order valence-corrected chi connectivity index (χ1v) is 37.3. The van der Waals surface area contributed by atoms with Crippen molar-refractivity contribution >= 4 is 39.5 Å². The third-order valence-corrected chi connectivity index (χ3v) is 16.7. The van der Waals surface area contributed by atoms with Gasteiger partial charge in [0.25, 0.3) is 0 Å². The average molecular weight is 1270 g/mol. The molecule has 3 N–H and O–H groups in total. The van der Waals surface area contributed by atoms with Gasteiger partial charge in [0.15, 0.2) is 12.2 Å². The Hall–Kier alpha value is -2.46. The van der Waals surface area contributed by atoms with Gasteiger partial charge in [-0.3, -0.25) is 37.3 Å². The lowest BCUT2D eigenvalue weighted by molar-refractivity contribution is -0.161. The quantitative estimate of drug-likeness (QED) is 0.0169. The maximum Gasteiger partial charge on any atom is 0.472 e. The van der Waals surface area contributed by atoms with Gasteiger partial charge < -0.3 is 33.8 Å². The number of ether oxygens (including phenoxy) is 4. The molecule has 0 saturated heterocycles. The predicted molar refractivity (Wildman–Crippen MR) is 344 cm³/mol. The molecule has 0 aliphatic heterocycles. The molecular weight excluding hydrogens is 1140 g/mol. The van der Waals surface area contributed by atoms with Crippen LogP contribution in [0.15, 0.2) is 24.3 Å². The highest BCUT2D eigenvalue weighted by Crippen LogP contribution is 2.45. The highest BCUT2D eigenvalue weighted by molar-refractivity contribution is 7.47. The molecule has 0 heterocycles. The van der Waals surface area contributed by atoms with Gasteiger partial charge in [0.1, 0.15) is 19.3 Å². The number of esters is 4. The molecule has 5 atom stereocenters. The third-order valence-electron chi connectivity index (χ3n) is 14.8. The molecule has 0 spiro atoms. The summed E-state index contributed by atoms with van der Waals surface area (Å²) in [5.74, 6) is -0.714. The number of aliphatic hydroxyl groups is 1. The Bertz CT molecular complexity index is 1780. The summed E-state index contributed by atoms with van der Waals surface area (Å²) in [5, 5.41) is 10.5. The van der Waals surface area contributed by atoms with E-state index in [2.05, 4.69) is 65.8 Å². The first-order valence-electron chi connectivity index (χ1n) is 34.3. The van der Waals surface area contributed by atoms with Gasteiger partial charge in [0.05, 0.1) is 26.4 Å². The summed E-state index contributed by atoms with van der Waals surface area (Å²) >= 11 is 0. The van der Waals surface area contributed by atoms with E-state index in [1.165, 1.54) is 103 Å². The predicted octanol–water partition coefficient (Wildman–Crippen LogP) is 18.4. The van der Waals surface area contributed by atoms with Crippen molar-refractivity contribution in [1.82, 2.24) is 0 Å². The number of phosphoric acid groups is 2. The van der Waals surface area contributed by atoms with E-state index in [9.17, 15) is 43.2 Å². The molecule has 0 aromatic heterocycles. The Morgan fingerprint density at radius 2 is 0.628 bits per heavy atom. The molecule has 17 nitrogen and oxygen atoms in total. The van der Waals surface area contributed by atoms with Gasteiger partial charge in [-0.15, -0.1) is 0 Å². The second kappa shape index (κ2) is 58.9. The van der Waals surface area contributed by atoms with E-state index in [0.717, 1.165) is 121 Å². The van der Waals surface area contributed by atoms with Crippen LogP contribution in [0.1, 0.15) is 311 Å². The standard InChI is InChI=1S/C67H126O17P2/c1-7-9-11-13-14-15-16-17-18-22-25-28-31-38-44-50-65(70)78-56-63(83-66(71)51-45-39-32-29-26-23-20-19-21-24-27-30-36-41-47-59(3)4)58-82-86(75,76)80-54-61(68)53-79-85(73,74)81-57-62(55-77-64(69)49-43-35-12-10-8-2)84-67(72)52-46-40-34-33-37-42-48-60(5)6/h15-18,59-63,68H,7-14,19-58H2,1-6H3,(H,73,74)(H,75,76)/b16-15-,18-17-/t61-,62+,63+/m0/s1. The summed E-state index contributed by atoms with van der Waals surface area (Å²) in [7, 11) is -9.89. The van der Waals surface area contributed by atoms with Gasteiger partial charge in [0, 0.05) is 25.7 Å². The number of rotatable bonds is 64. The molecule has 0 rings (SSSR count). The Morgan fingerprint density at radius 3 is 0.953 bits per heavy atom. The van der Waals surface area contributed by atoms with Crippen LogP contribution in [0, 0.1) is 11.8 Å². The second-order valence-corrected chi connectivity index (χ2v) is 27.4. The summed E-state index contributed by atoms with van der Waals surface area (Å²) in [6.07, 6.45) is 45.9. The van der Waals surface area contributed by atoms with E-state index in [0.29, 0.717) is 31.6 Å². The van der Waals surface area contributed by atoms with E-state index >= 15 is 0 Å². The minimum absolute atomic E-state index is 0.0987. The summed E-state index contributed by atoms with van der Waals surface area (Å²) < 4.78 is 67.8. The van der Waals surface area contributed by atoms with Crippen molar-refractivity contribution < 1.29 is 80.2 Å². The molecule has 0 aliphatic carbocycles. The van der Waals surface area contributed by atoms with Crippen LogP contribution in [-0.2, 0) is 65.4 Å². The Kier molecular flexibility index (Phi) is 57.2. The first-order chi connectivity index (χ1) is 41.4. The van der Waals surface area contributed by atoms with Crippen LogP contribution in [0.25, 0.3) is 0 Å². The fraction of sp³-hybridized carbons (Fsp3) is 0.881. The van der Waals surface area contributed by atoms with Crippen molar-refractivity contribution in [2.75, 3.05) is 39.6 Å². The minimum atomic E-state index is -4.95. The van der Waals surface area contributed by atoms with Crippen LogP contribution in [0.4, 0.5) is 0 Å². The number of hydrogen-bond acceptors (Lipinski definition) is 15. The molecule has 0 aromatic carbocycles. The lowest BCUT2D eigenvalue weighted by Gasteiger charge is -2.21. The molecule has 0 fully saturated rings. The van der Waals surface area contributed by atoms with Crippen molar-refractivity contribution in [3.8, 4) is 0 Å². The molecule has 86 heavy (non-hydrogen) atoms. The SMILES string of the molecule is CCCCCC/C=C\C=C/CCCCCCCC(=O)OC[C@H](COP(=O)(O)OC[C@@H](O)COP(=O)(O)OC[C@@H](COC(=O)CCCCCCC)OC(=O)CCCCCCCCC(C)C)OC(=O)CCCCCCCCCCCCCCCCC(C)C. The second-order valence-electron chi connectivity index (χ2n) is 24.5. The molecule has 506 valence electrons. The first kappa shape index (κ1) is 83.5. The fourth-order valence-corrected chi connectivity index (χ4v) is 11.1. The van der Waals surface area contributed by atoms with Gasteiger partial charge in [-0.05, 0) is 63.2 Å². The zero-order valence-electron chi connectivity index (χ0n) is 55.1. The Morgan fingerprint density at radius 1 is 0.360 bits per heavy atom. The molecule has 0 aliphatic rings.